The fourth-order valence-electron chi connectivity index (χ4n) is 2.60. The van der Waals surface area contributed by atoms with Crippen LogP contribution in [0.4, 0.5) is 5.82 Å². The summed E-state index contributed by atoms with van der Waals surface area (Å²) in [4.78, 5) is 14.5. The molecule has 116 valence electrons. The molecule has 0 unspecified atom stereocenters. The zero-order valence-corrected chi connectivity index (χ0v) is 12.9. The van der Waals surface area contributed by atoms with Crippen LogP contribution in [0.5, 0.6) is 0 Å². The van der Waals surface area contributed by atoms with Crippen molar-refractivity contribution < 1.29 is 9.47 Å². The normalized spacial score (nSPS) is 11.4. The molecule has 0 aliphatic rings. The molecule has 22 heavy (non-hydrogen) atoms. The second kappa shape index (κ2) is 6.72. The smallest absolute Gasteiger partial charge is 0.156 e. The van der Waals surface area contributed by atoms with Crippen molar-refractivity contribution in [2.24, 2.45) is 0 Å². The van der Waals surface area contributed by atoms with Crippen LogP contribution in [0.1, 0.15) is 0 Å². The molecule has 0 aliphatic heterocycles. The molecule has 3 rings (SSSR count). The minimum atomic E-state index is 0.634. The fraction of sp³-hybridized carbons (Fsp3) is 0.375. The Kier molecular flexibility index (Phi) is 4.50. The summed E-state index contributed by atoms with van der Waals surface area (Å²) < 4.78 is 10.4. The highest BCUT2D eigenvalue weighted by atomic mass is 16.5. The monoisotopic (exact) mass is 300 g/mol. The fourth-order valence-corrected chi connectivity index (χ4v) is 2.60. The van der Waals surface area contributed by atoms with Gasteiger partial charge in [-0.2, -0.15) is 0 Å². The van der Waals surface area contributed by atoms with Crippen LogP contribution >= 0.6 is 0 Å². The van der Waals surface area contributed by atoms with Crippen molar-refractivity contribution in [1.82, 2.24) is 15.0 Å². The molecule has 0 aliphatic carbocycles. The van der Waals surface area contributed by atoms with Crippen molar-refractivity contribution in [1.29, 1.82) is 0 Å². The second-order valence-corrected chi connectivity index (χ2v) is 5.06. The van der Waals surface area contributed by atoms with E-state index in [1.807, 2.05) is 12.1 Å². The predicted molar refractivity (Wildman–Crippen MR) is 87.4 cm³/mol. The Labute approximate surface area is 129 Å². The standard InChI is InChI=1S/C16H20N4O2/c1-21-9-7-20(8-10-22-2)16-15-14(17-11-18-16)12-5-3-4-6-13(12)19-15/h3-6,11,19H,7-10H2,1-2H3. The summed E-state index contributed by atoms with van der Waals surface area (Å²) in [5.41, 5.74) is 2.97. The molecule has 2 heterocycles. The second-order valence-electron chi connectivity index (χ2n) is 5.06. The number of nitrogens with zero attached hydrogens (tertiary/aromatic N) is 3. The van der Waals surface area contributed by atoms with Gasteiger partial charge in [0.15, 0.2) is 5.82 Å². The Morgan fingerprint density at radius 1 is 1.05 bits per heavy atom. The molecule has 0 bridgehead atoms. The average Bonchev–Trinajstić information content (AvgIpc) is 2.94. The highest BCUT2D eigenvalue weighted by Crippen LogP contribution is 2.28. The molecule has 0 saturated carbocycles. The topological polar surface area (TPSA) is 63.3 Å². The number of ether oxygens (including phenoxy) is 2. The van der Waals surface area contributed by atoms with Crippen molar-refractivity contribution in [3.8, 4) is 0 Å². The van der Waals surface area contributed by atoms with E-state index in [4.69, 9.17) is 9.47 Å². The number of benzene rings is 1. The summed E-state index contributed by atoms with van der Waals surface area (Å²) in [6.45, 7) is 2.77. The largest absolute Gasteiger partial charge is 0.383 e. The third-order valence-corrected chi connectivity index (χ3v) is 3.70. The van der Waals surface area contributed by atoms with Gasteiger partial charge in [-0.05, 0) is 6.07 Å². The van der Waals surface area contributed by atoms with Crippen LogP contribution in [-0.2, 0) is 9.47 Å². The maximum absolute atomic E-state index is 5.21. The Hall–Kier alpha value is -2.18. The Morgan fingerprint density at radius 2 is 1.77 bits per heavy atom. The highest BCUT2D eigenvalue weighted by molar-refractivity contribution is 6.08. The summed E-state index contributed by atoms with van der Waals surface area (Å²) in [7, 11) is 3.40. The van der Waals surface area contributed by atoms with Gasteiger partial charge in [0.2, 0.25) is 0 Å². The number of nitrogens with one attached hydrogen (secondary N) is 1. The van der Waals surface area contributed by atoms with E-state index in [2.05, 4.69) is 32.0 Å². The van der Waals surface area contributed by atoms with Crippen LogP contribution in [0.15, 0.2) is 30.6 Å². The summed E-state index contributed by atoms with van der Waals surface area (Å²) >= 11 is 0. The zero-order valence-electron chi connectivity index (χ0n) is 12.9. The number of para-hydroxylation sites is 1. The van der Waals surface area contributed by atoms with Crippen molar-refractivity contribution in [3.63, 3.8) is 0 Å². The van der Waals surface area contributed by atoms with Gasteiger partial charge in [-0.3, -0.25) is 0 Å². The van der Waals surface area contributed by atoms with Crippen LogP contribution < -0.4 is 4.90 Å². The van der Waals surface area contributed by atoms with Crippen LogP contribution in [-0.4, -0.2) is 55.5 Å². The third-order valence-electron chi connectivity index (χ3n) is 3.70. The van der Waals surface area contributed by atoms with E-state index >= 15 is 0 Å². The molecule has 0 saturated heterocycles. The van der Waals surface area contributed by atoms with Crippen molar-refractivity contribution >= 4 is 27.8 Å². The van der Waals surface area contributed by atoms with Crippen molar-refractivity contribution in [2.45, 2.75) is 0 Å². The van der Waals surface area contributed by atoms with Gasteiger partial charge in [-0.15, -0.1) is 0 Å². The van der Waals surface area contributed by atoms with Crippen molar-refractivity contribution in [3.05, 3.63) is 30.6 Å². The number of fused-ring (bicyclic) bond motifs is 3. The molecular weight excluding hydrogens is 280 g/mol. The number of aromatic nitrogens is 3. The molecule has 0 fully saturated rings. The SMILES string of the molecule is COCCN(CCOC)c1ncnc2c1[nH]c1ccccc12. The number of H-pyrrole nitrogens is 1. The lowest BCUT2D eigenvalue weighted by atomic mass is 10.2. The van der Waals surface area contributed by atoms with E-state index in [1.54, 1.807) is 20.5 Å². The van der Waals surface area contributed by atoms with E-state index < -0.39 is 0 Å². The number of aromatic amines is 1. The molecule has 3 aromatic rings. The first kappa shape index (κ1) is 14.7. The number of hydrogen-bond acceptors (Lipinski definition) is 5. The molecule has 0 amide bonds. The Bertz CT molecular complexity index is 748. The number of anilines is 1. The van der Waals surface area contributed by atoms with Crippen LogP contribution in [0.3, 0.4) is 0 Å². The first-order valence-corrected chi connectivity index (χ1v) is 7.29. The molecule has 2 aromatic heterocycles. The maximum Gasteiger partial charge on any atom is 0.156 e. The maximum atomic E-state index is 5.21. The van der Waals surface area contributed by atoms with E-state index in [0.717, 1.165) is 40.8 Å². The van der Waals surface area contributed by atoms with Crippen LogP contribution in [0.25, 0.3) is 21.9 Å². The van der Waals surface area contributed by atoms with Gasteiger partial charge in [-0.1, -0.05) is 18.2 Å². The zero-order chi connectivity index (χ0) is 15.4. The number of rotatable bonds is 7. The first-order chi connectivity index (χ1) is 10.8. The van der Waals surface area contributed by atoms with Gasteiger partial charge in [0.1, 0.15) is 17.4 Å². The quantitative estimate of drug-likeness (QED) is 0.725. The number of methoxy groups -OCH3 is 2. The minimum Gasteiger partial charge on any atom is -0.383 e. The molecule has 0 radical (unpaired) electrons. The molecule has 0 atom stereocenters. The van der Waals surface area contributed by atoms with E-state index in [0.29, 0.717) is 13.2 Å². The van der Waals surface area contributed by atoms with Crippen molar-refractivity contribution in [2.75, 3.05) is 45.4 Å². The van der Waals surface area contributed by atoms with Crippen LogP contribution in [0, 0.1) is 0 Å². The Balaban J connectivity index is 2.07. The van der Waals surface area contributed by atoms with Gasteiger partial charge in [0.25, 0.3) is 0 Å². The lowest BCUT2D eigenvalue weighted by Gasteiger charge is -2.23. The molecular formula is C16H20N4O2. The van der Waals surface area contributed by atoms with Gasteiger partial charge < -0.3 is 19.4 Å². The predicted octanol–water partition coefficient (Wildman–Crippen LogP) is 2.21. The summed E-state index contributed by atoms with van der Waals surface area (Å²) in [6, 6.07) is 8.15. The average molecular weight is 300 g/mol. The lowest BCUT2D eigenvalue weighted by molar-refractivity contribution is 0.190. The summed E-state index contributed by atoms with van der Waals surface area (Å²) in [5.74, 6) is 0.885. The van der Waals surface area contributed by atoms with Gasteiger partial charge in [0.05, 0.1) is 13.2 Å². The van der Waals surface area contributed by atoms with Crippen LogP contribution in [0.2, 0.25) is 0 Å². The summed E-state index contributed by atoms with van der Waals surface area (Å²) in [5, 5.41) is 1.11. The molecule has 0 spiro atoms. The van der Waals surface area contributed by atoms with Gasteiger partial charge >= 0.3 is 0 Å². The van der Waals surface area contributed by atoms with E-state index in [1.165, 1.54) is 0 Å². The van der Waals surface area contributed by atoms with E-state index in [9.17, 15) is 0 Å². The lowest BCUT2D eigenvalue weighted by Crippen LogP contribution is -2.31. The molecule has 1 aromatic carbocycles. The highest BCUT2D eigenvalue weighted by Gasteiger charge is 2.15. The van der Waals surface area contributed by atoms with E-state index in [-0.39, 0.29) is 0 Å². The summed E-state index contributed by atoms with van der Waals surface area (Å²) in [6.07, 6.45) is 1.62. The molecule has 1 N–H and O–H groups in total. The third kappa shape index (κ3) is 2.75. The van der Waals surface area contributed by atoms with Gasteiger partial charge in [-0.25, -0.2) is 9.97 Å². The molecule has 6 heteroatoms. The first-order valence-electron chi connectivity index (χ1n) is 7.29. The minimum absolute atomic E-state index is 0.634. The number of hydrogen-bond donors (Lipinski definition) is 1. The molecule has 6 nitrogen and oxygen atoms in total. The van der Waals surface area contributed by atoms with Gasteiger partial charge in [0, 0.05) is 38.2 Å². The Morgan fingerprint density at radius 3 is 2.50 bits per heavy atom.